The zero-order valence-electron chi connectivity index (χ0n) is 15.7. The van der Waals surface area contributed by atoms with Crippen molar-refractivity contribution >= 4 is 0 Å². The van der Waals surface area contributed by atoms with Crippen LogP contribution in [0.4, 0.5) is 0 Å². The number of rotatable bonds is 2. The minimum absolute atomic E-state index is 0.0122. The van der Waals surface area contributed by atoms with Crippen LogP contribution in [0.2, 0.25) is 0 Å². The lowest BCUT2D eigenvalue weighted by molar-refractivity contribution is 0.660. The molecule has 3 heteroatoms. The molecule has 0 saturated carbocycles. The van der Waals surface area contributed by atoms with Gasteiger partial charge in [-0.2, -0.15) is 5.10 Å². The van der Waals surface area contributed by atoms with E-state index < -0.39 is 0 Å². The van der Waals surface area contributed by atoms with Gasteiger partial charge in [0.1, 0.15) is 0 Å². The van der Waals surface area contributed by atoms with Crippen molar-refractivity contribution in [3.63, 3.8) is 0 Å². The van der Waals surface area contributed by atoms with Gasteiger partial charge in [-0.05, 0) is 64.6 Å². The Morgan fingerprint density at radius 2 is 1.59 bits per heavy atom. The average Bonchev–Trinajstić information content (AvgIpc) is 3.22. The van der Waals surface area contributed by atoms with E-state index in [-0.39, 0.29) is 5.41 Å². The predicted octanol–water partition coefficient (Wildman–Crippen LogP) is 5.75. The third-order valence-corrected chi connectivity index (χ3v) is 5.66. The molecule has 4 aromatic rings. The van der Waals surface area contributed by atoms with Gasteiger partial charge in [0.25, 0.3) is 0 Å². The minimum Gasteiger partial charge on any atom is -0.276 e. The first-order valence-corrected chi connectivity index (χ1v) is 9.27. The van der Waals surface area contributed by atoms with Crippen molar-refractivity contribution in [1.29, 1.82) is 0 Å². The van der Waals surface area contributed by atoms with Crippen LogP contribution in [0.5, 0.6) is 0 Å². The van der Waals surface area contributed by atoms with E-state index in [0.717, 1.165) is 17.1 Å². The van der Waals surface area contributed by atoms with Crippen molar-refractivity contribution in [3.05, 3.63) is 83.7 Å². The lowest BCUT2D eigenvalue weighted by atomic mass is 9.81. The minimum atomic E-state index is 0.0122. The van der Waals surface area contributed by atoms with E-state index in [4.69, 9.17) is 0 Å². The number of H-pyrrole nitrogens is 1. The number of aromatic amines is 1. The second-order valence-corrected chi connectivity index (χ2v) is 7.78. The Bertz CT molecular complexity index is 1170. The summed E-state index contributed by atoms with van der Waals surface area (Å²) in [4.78, 5) is 4.51. The van der Waals surface area contributed by atoms with Crippen molar-refractivity contribution in [1.82, 2.24) is 15.2 Å². The molecule has 5 rings (SSSR count). The van der Waals surface area contributed by atoms with Crippen molar-refractivity contribution < 1.29 is 0 Å². The summed E-state index contributed by atoms with van der Waals surface area (Å²) in [6, 6.07) is 21.8. The first-order chi connectivity index (χ1) is 13.0. The van der Waals surface area contributed by atoms with Gasteiger partial charge in [-0.25, -0.2) is 0 Å². The van der Waals surface area contributed by atoms with Gasteiger partial charge >= 0.3 is 0 Å². The maximum absolute atomic E-state index is 4.51. The van der Waals surface area contributed by atoms with Crippen LogP contribution in [-0.4, -0.2) is 15.2 Å². The highest BCUT2D eigenvalue weighted by Gasteiger charge is 2.35. The van der Waals surface area contributed by atoms with Crippen LogP contribution in [0.15, 0.2) is 66.9 Å². The fourth-order valence-corrected chi connectivity index (χ4v) is 4.19. The number of aryl methyl sites for hydroxylation is 1. The van der Waals surface area contributed by atoms with Crippen LogP contribution in [-0.2, 0) is 5.41 Å². The van der Waals surface area contributed by atoms with Gasteiger partial charge in [0, 0.05) is 11.6 Å². The summed E-state index contributed by atoms with van der Waals surface area (Å²) in [5.74, 6) is 0. The molecule has 1 aliphatic carbocycles. The number of pyridine rings is 1. The van der Waals surface area contributed by atoms with E-state index in [1.807, 2.05) is 19.2 Å². The van der Waals surface area contributed by atoms with E-state index in [0.29, 0.717) is 0 Å². The highest BCUT2D eigenvalue weighted by molar-refractivity contribution is 5.83. The molecule has 2 heterocycles. The Kier molecular flexibility index (Phi) is 3.35. The average molecular weight is 351 g/mol. The fourth-order valence-electron chi connectivity index (χ4n) is 4.19. The van der Waals surface area contributed by atoms with E-state index in [2.05, 4.69) is 83.6 Å². The Hall–Kier alpha value is -3.20. The highest BCUT2D eigenvalue weighted by atomic mass is 15.1. The summed E-state index contributed by atoms with van der Waals surface area (Å²) in [5, 5.41) is 7.27. The molecule has 0 bridgehead atoms. The zero-order valence-corrected chi connectivity index (χ0v) is 15.7. The largest absolute Gasteiger partial charge is 0.276 e. The molecule has 2 aromatic carbocycles. The van der Waals surface area contributed by atoms with Crippen molar-refractivity contribution in [3.8, 4) is 33.6 Å². The van der Waals surface area contributed by atoms with Crippen LogP contribution in [0.3, 0.4) is 0 Å². The molecule has 0 atom stereocenters. The molecule has 1 aliphatic rings. The monoisotopic (exact) mass is 351 g/mol. The molecule has 0 aliphatic heterocycles. The zero-order chi connectivity index (χ0) is 18.6. The lowest BCUT2D eigenvalue weighted by Crippen LogP contribution is -2.14. The van der Waals surface area contributed by atoms with Crippen LogP contribution in [0.25, 0.3) is 33.6 Å². The summed E-state index contributed by atoms with van der Waals surface area (Å²) in [6.45, 7) is 6.60. The maximum Gasteiger partial charge on any atom is 0.0886 e. The number of benzene rings is 2. The number of fused-ring (bicyclic) bond motifs is 3. The van der Waals surface area contributed by atoms with Gasteiger partial charge in [0.2, 0.25) is 0 Å². The van der Waals surface area contributed by atoms with Crippen LogP contribution >= 0.6 is 0 Å². The van der Waals surface area contributed by atoms with Gasteiger partial charge in [-0.15, -0.1) is 0 Å². The second-order valence-electron chi connectivity index (χ2n) is 7.78. The molecule has 0 unspecified atom stereocenters. The Morgan fingerprint density at radius 3 is 2.41 bits per heavy atom. The van der Waals surface area contributed by atoms with Crippen molar-refractivity contribution in [2.45, 2.75) is 26.2 Å². The normalized spacial score (nSPS) is 14.0. The molecule has 0 fully saturated rings. The molecule has 2 aromatic heterocycles. The fraction of sp³-hybridized carbons (Fsp3) is 0.167. The topological polar surface area (TPSA) is 41.6 Å². The maximum atomic E-state index is 4.51. The summed E-state index contributed by atoms with van der Waals surface area (Å²) in [5.41, 5.74) is 10.7. The molecular weight excluding hydrogens is 330 g/mol. The summed E-state index contributed by atoms with van der Waals surface area (Å²) < 4.78 is 0. The summed E-state index contributed by atoms with van der Waals surface area (Å²) in [6.07, 6.45) is 1.87. The van der Waals surface area contributed by atoms with Gasteiger partial charge < -0.3 is 0 Å². The number of hydrogen-bond acceptors (Lipinski definition) is 2. The predicted molar refractivity (Wildman–Crippen MR) is 110 cm³/mol. The van der Waals surface area contributed by atoms with Crippen LogP contribution < -0.4 is 0 Å². The standard InChI is InChI=1S/C24H21N3/c1-15-12-23(27-26-15)22-14-17(10-11-25-22)16-8-9-19-18-6-4-5-7-20(18)24(2,3)21(19)13-16/h4-14H,1-3H3,(H,26,27). The van der Waals surface area contributed by atoms with E-state index in [1.54, 1.807) is 0 Å². The molecule has 0 saturated heterocycles. The lowest BCUT2D eigenvalue weighted by Gasteiger charge is -2.22. The van der Waals surface area contributed by atoms with E-state index >= 15 is 0 Å². The van der Waals surface area contributed by atoms with Gasteiger partial charge in [-0.1, -0.05) is 50.2 Å². The molecule has 0 spiro atoms. The molecule has 3 nitrogen and oxygen atoms in total. The highest BCUT2D eigenvalue weighted by Crippen LogP contribution is 2.49. The number of hydrogen-bond donors (Lipinski definition) is 1. The van der Waals surface area contributed by atoms with Crippen molar-refractivity contribution in [2.75, 3.05) is 0 Å². The Morgan fingerprint density at radius 1 is 0.815 bits per heavy atom. The molecule has 1 N–H and O–H groups in total. The molecule has 0 amide bonds. The summed E-state index contributed by atoms with van der Waals surface area (Å²) >= 11 is 0. The molecule has 132 valence electrons. The summed E-state index contributed by atoms with van der Waals surface area (Å²) in [7, 11) is 0. The second kappa shape index (κ2) is 5.65. The van der Waals surface area contributed by atoms with E-state index in [9.17, 15) is 0 Å². The van der Waals surface area contributed by atoms with Gasteiger partial charge in [0.05, 0.1) is 17.1 Å². The van der Waals surface area contributed by atoms with E-state index in [1.165, 1.54) is 33.4 Å². The number of aromatic nitrogens is 3. The third kappa shape index (κ3) is 2.42. The smallest absolute Gasteiger partial charge is 0.0886 e. The third-order valence-electron chi connectivity index (χ3n) is 5.66. The molecular formula is C24H21N3. The Labute approximate surface area is 159 Å². The SMILES string of the molecule is Cc1cc(-c2cc(-c3ccc4c(c3)C(C)(C)c3ccccc3-4)ccn2)[nH]n1. The van der Waals surface area contributed by atoms with Crippen molar-refractivity contribution in [2.24, 2.45) is 0 Å². The van der Waals surface area contributed by atoms with Crippen LogP contribution in [0.1, 0.15) is 30.7 Å². The van der Waals surface area contributed by atoms with Gasteiger partial charge in [-0.3, -0.25) is 10.1 Å². The first-order valence-electron chi connectivity index (χ1n) is 9.27. The number of nitrogens with zero attached hydrogens (tertiary/aromatic N) is 2. The number of nitrogens with one attached hydrogen (secondary N) is 1. The first kappa shape index (κ1) is 16.0. The quantitative estimate of drug-likeness (QED) is 0.499. The molecule has 27 heavy (non-hydrogen) atoms. The van der Waals surface area contributed by atoms with Crippen LogP contribution in [0, 0.1) is 6.92 Å². The molecule has 0 radical (unpaired) electrons. The van der Waals surface area contributed by atoms with Gasteiger partial charge in [0.15, 0.2) is 0 Å². The Balaban J connectivity index is 1.62.